The molecule has 0 aliphatic carbocycles. The molecule has 0 bridgehead atoms. The molecule has 4 nitrogen and oxygen atoms in total. The normalized spacial score (nSPS) is 11.8. The zero-order chi connectivity index (χ0) is 42.1. The third kappa shape index (κ3) is 5.84. The summed E-state index contributed by atoms with van der Waals surface area (Å²) in [4.78, 5) is 0. The smallest absolute Gasteiger partial charge is 0.168 e. The lowest BCUT2D eigenvalue weighted by Crippen LogP contribution is -1.95. The highest BCUT2D eigenvalue weighted by atomic mass is 15.2. The minimum absolute atomic E-state index is 0.821. The predicted molar refractivity (Wildman–Crippen MR) is 267 cm³/mol. The average molecular weight is 815 g/mol. The van der Waals surface area contributed by atoms with Gasteiger partial charge in [-0.3, -0.25) is 4.40 Å². The van der Waals surface area contributed by atoms with Crippen LogP contribution in [0.3, 0.4) is 0 Å². The van der Waals surface area contributed by atoms with Crippen LogP contribution in [0.15, 0.2) is 231 Å². The van der Waals surface area contributed by atoms with Gasteiger partial charge in [-0.2, -0.15) is 0 Å². The van der Waals surface area contributed by atoms with Crippen LogP contribution < -0.4 is 0 Å². The Morgan fingerprint density at radius 2 is 0.734 bits per heavy atom. The van der Waals surface area contributed by atoms with E-state index in [1.54, 1.807) is 0 Å². The van der Waals surface area contributed by atoms with Gasteiger partial charge in [-0.25, -0.2) is 0 Å². The number of rotatable bonds is 6. The summed E-state index contributed by atoms with van der Waals surface area (Å²) in [5.41, 5.74) is 14.9. The third-order valence-corrected chi connectivity index (χ3v) is 13.1. The first kappa shape index (κ1) is 36.1. The average Bonchev–Trinajstić information content (AvgIpc) is 3.95. The first-order valence-electron chi connectivity index (χ1n) is 21.8. The van der Waals surface area contributed by atoms with E-state index in [-0.39, 0.29) is 0 Å². The summed E-state index contributed by atoms with van der Waals surface area (Å²) in [6.45, 7) is 0. The number of nitrogens with zero attached hydrogens (tertiary/aromatic N) is 4. The van der Waals surface area contributed by atoms with Gasteiger partial charge in [-0.1, -0.05) is 170 Å². The molecule has 13 aromatic rings. The van der Waals surface area contributed by atoms with E-state index in [4.69, 9.17) is 0 Å². The second-order valence-corrected chi connectivity index (χ2v) is 16.7. The number of hydrogen-bond donors (Lipinski definition) is 0. The van der Waals surface area contributed by atoms with E-state index < -0.39 is 0 Å². The molecule has 64 heavy (non-hydrogen) atoms. The Morgan fingerprint density at radius 3 is 1.28 bits per heavy atom. The Balaban J connectivity index is 0.920. The number of hydrogen-bond acceptors (Lipinski definition) is 2. The Labute approximate surface area is 369 Å². The minimum Gasteiger partial charge on any atom is -0.309 e. The lowest BCUT2D eigenvalue weighted by atomic mass is 9.95. The van der Waals surface area contributed by atoms with Crippen LogP contribution in [0.5, 0.6) is 0 Å². The van der Waals surface area contributed by atoms with Crippen LogP contribution in [-0.2, 0) is 0 Å². The van der Waals surface area contributed by atoms with Gasteiger partial charge in [0.25, 0.3) is 0 Å². The molecule has 0 aliphatic rings. The van der Waals surface area contributed by atoms with Gasteiger partial charge in [0.1, 0.15) is 0 Å². The standard InChI is InChI=1S/C60H38N4/c1-4-14-50-41(9-1)12-7-17-52(50)44-23-19-39(20-24-44)47-29-33-57-55(37-47)56-38-48(40-21-25-45(26-22-40)53-18-8-13-42-10-2-5-15-51(42)53)30-34-58(56)64(57)49-31-27-46(28-32-49)59-61-62-60-54-16-6-3-11-43(54)35-36-63(59)60/h1-38H. The van der Waals surface area contributed by atoms with Crippen molar-refractivity contribution in [2.45, 2.75) is 0 Å². The van der Waals surface area contributed by atoms with Crippen LogP contribution in [-0.4, -0.2) is 19.2 Å². The fourth-order valence-electron chi connectivity index (χ4n) is 9.87. The summed E-state index contributed by atoms with van der Waals surface area (Å²) >= 11 is 0. The van der Waals surface area contributed by atoms with Crippen LogP contribution in [0.1, 0.15) is 0 Å². The van der Waals surface area contributed by atoms with Gasteiger partial charge in [0.2, 0.25) is 0 Å². The maximum Gasteiger partial charge on any atom is 0.168 e. The van der Waals surface area contributed by atoms with Gasteiger partial charge in [0.15, 0.2) is 11.5 Å². The Hall–Kier alpha value is -8.60. The second kappa shape index (κ2) is 14.5. The zero-order valence-corrected chi connectivity index (χ0v) is 34.7. The molecule has 0 fully saturated rings. The molecule has 0 atom stereocenters. The fraction of sp³-hybridized carbons (Fsp3) is 0. The molecule has 10 aromatic carbocycles. The largest absolute Gasteiger partial charge is 0.309 e. The highest BCUT2D eigenvalue weighted by molar-refractivity contribution is 6.12. The minimum atomic E-state index is 0.821. The summed E-state index contributed by atoms with van der Waals surface area (Å²) in [6, 6.07) is 81.4. The highest BCUT2D eigenvalue weighted by Gasteiger charge is 2.17. The van der Waals surface area contributed by atoms with Crippen molar-refractivity contribution in [3.8, 4) is 61.6 Å². The number of pyridine rings is 1. The van der Waals surface area contributed by atoms with Crippen LogP contribution in [0.2, 0.25) is 0 Å². The third-order valence-electron chi connectivity index (χ3n) is 13.1. The summed E-state index contributed by atoms with van der Waals surface area (Å²) < 4.78 is 4.48. The Bertz CT molecular complexity index is 3740. The van der Waals surface area contributed by atoms with Crippen LogP contribution in [0, 0.1) is 0 Å². The van der Waals surface area contributed by atoms with E-state index in [9.17, 15) is 0 Å². The van der Waals surface area contributed by atoms with Crippen molar-refractivity contribution in [2.24, 2.45) is 0 Å². The van der Waals surface area contributed by atoms with E-state index in [2.05, 4.69) is 250 Å². The molecular weight excluding hydrogens is 777 g/mol. The van der Waals surface area contributed by atoms with Crippen molar-refractivity contribution in [1.29, 1.82) is 0 Å². The van der Waals surface area contributed by atoms with Crippen molar-refractivity contribution in [3.63, 3.8) is 0 Å². The molecule has 0 amide bonds. The van der Waals surface area contributed by atoms with E-state index in [1.807, 2.05) is 0 Å². The lowest BCUT2D eigenvalue weighted by molar-refractivity contribution is 1.11. The van der Waals surface area contributed by atoms with Crippen molar-refractivity contribution in [3.05, 3.63) is 231 Å². The predicted octanol–water partition coefficient (Wildman–Crippen LogP) is 15.6. The molecule has 4 heteroatoms. The fourth-order valence-corrected chi connectivity index (χ4v) is 9.87. The maximum atomic E-state index is 4.66. The van der Waals surface area contributed by atoms with Crippen molar-refractivity contribution < 1.29 is 0 Å². The van der Waals surface area contributed by atoms with Gasteiger partial charge < -0.3 is 4.57 Å². The molecule has 0 unspecified atom stereocenters. The van der Waals surface area contributed by atoms with E-state index in [1.165, 1.54) is 76.8 Å². The molecule has 0 saturated carbocycles. The molecule has 3 aromatic heterocycles. The van der Waals surface area contributed by atoms with Crippen LogP contribution in [0.4, 0.5) is 0 Å². The Kier molecular flexibility index (Phi) is 8.18. The molecule has 0 radical (unpaired) electrons. The maximum absolute atomic E-state index is 4.66. The van der Waals surface area contributed by atoms with E-state index in [0.29, 0.717) is 0 Å². The van der Waals surface area contributed by atoms with Crippen molar-refractivity contribution in [2.75, 3.05) is 0 Å². The molecule has 13 rings (SSSR count). The van der Waals surface area contributed by atoms with Crippen LogP contribution in [0.25, 0.3) is 121 Å². The van der Waals surface area contributed by atoms with Gasteiger partial charge in [-0.15, -0.1) is 10.2 Å². The van der Waals surface area contributed by atoms with Crippen LogP contribution >= 0.6 is 0 Å². The topological polar surface area (TPSA) is 35.1 Å². The summed E-state index contributed by atoms with van der Waals surface area (Å²) in [5.74, 6) is 0.821. The molecule has 0 aliphatic heterocycles. The van der Waals surface area contributed by atoms with Gasteiger partial charge in [-0.05, 0) is 126 Å². The SMILES string of the molecule is c1ccc2c(-c3ccc(-c4ccc5c(c4)c4cc(-c6ccc(-c7cccc8ccccc78)cc6)ccc4n5-c4ccc(-c5nnc6c7ccccc7ccn56)cc4)cc3)cccc2c1. The van der Waals surface area contributed by atoms with E-state index >= 15 is 0 Å². The van der Waals surface area contributed by atoms with Gasteiger partial charge >= 0.3 is 0 Å². The molecule has 3 heterocycles. The lowest BCUT2D eigenvalue weighted by Gasteiger charge is -2.11. The molecule has 0 spiro atoms. The first-order chi connectivity index (χ1) is 31.7. The van der Waals surface area contributed by atoms with Crippen molar-refractivity contribution >= 4 is 59.8 Å². The highest BCUT2D eigenvalue weighted by Crippen LogP contribution is 2.39. The van der Waals surface area contributed by atoms with Gasteiger partial charge in [0.05, 0.1) is 11.0 Å². The summed E-state index contributed by atoms with van der Waals surface area (Å²) in [5, 5.41) is 19.0. The molecule has 0 saturated heterocycles. The Morgan fingerprint density at radius 1 is 0.297 bits per heavy atom. The summed E-state index contributed by atoms with van der Waals surface area (Å²) in [6.07, 6.45) is 2.07. The first-order valence-corrected chi connectivity index (χ1v) is 21.8. The monoisotopic (exact) mass is 814 g/mol. The number of fused-ring (bicyclic) bond motifs is 8. The second-order valence-electron chi connectivity index (χ2n) is 16.7. The number of aromatic nitrogens is 4. The van der Waals surface area contributed by atoms with E-state index in [0.717, 1.165) is 44.5 Å². The van der Waals surface area contributed by atoms with Crippen molar-refractivity contribution in [1.82, 2.24) is 19.2 Å². The molecular formula is C60H38N4. The zero-order valence-electron chi connectivity index (χ0n) is 34.7. The summed E-state index contributed by atoms with van der Waals surface area (Å²) in [7, 11) is 0. The number of benzene rings is 10. The molecule has 298 valence electrons. The quantitative estimate of drug-likeness (QED) is 0.168. The molecule has 0 N–H and O–H groups in total. The van der Waals surface area contributed by atoms with Gasteiger partial charge in [0, 0.05) is 33.6 Å².